The molecule has 3 aliphatic rings. The van der Waals surface area contributed by atoms with E-state index >= 15 is 0 Å². The molecule has 1 N–H and O–H groups in total. The summed E-state index contributed by atoms with van der Waals surface area (Å²) in [5.74, 6) is 0.960. The smallest absolute Gasteiger partial charge is 0.411 e. The van der Waals surface area contributed by atoms with Crippen molar-refractivity contribution in [1.29, 1.82) is 0 Å². The second-order valence-corrected chi connectivity index (χ2v) is 14.2. The Kier molecular flexibility index (Phi) is 9.03. The normalized spacial score (nSPS) is 21.4. The van der Waals surface area contributed by atoms with Crippen molar-refractivity contribution in [2.75, 3.05) is 16.8 Å². The van der Waals surface area contributed by atoms with Gasteiger partial charge in [-0.05, 0) is 71.1 Å². The van der Waals surface area contributed by atoms with E-state index in [1.54, 1.807) is 22.2 Å². The van der Waals surface area contributed by atoms with Crippen molar-refractivity contribution in [2.24, 2.45) is 5.92 Å². The first-order valence-corrected chi connectivity index (χ1v) is 17.0. The number of nitrogens with zero attached hydrogens (tertiary/aromatic N) is 6. The highest BCUT2D eigenvalue weighted by atomic mass is 16.6. The third-order valence-corrected chi connectivity index (χ3v) is 9.54. The topological polar surface area (TPSA) is 123 Å². The molecular weight excluding hydrogens is 582 g/mol. The number of hydrogen-bond acceptors (Lipinski definition) is 8. The van der Waals surface area contributed by atoms with Crippen LogP contribution in [0.15, 0.2) is 30.6 Å². The van der Waals surface area contributed by atoms with Crippen LogP contribution in [0, 0.1) is 5.92 Å². The molecule has 11 nitrogen and oxygen atoms in total. The molecule has 3 aromatic heterocycles. The second kappa shape index (κ2) is 13.0. The van der Waals surface area contributed by atoms with Gasteiger partial charge in [-0.15, -0.1) is 0 Å². The van der Waals surface area contributed by atoms with Crippen LogP contribution in [0.3, 0.4) is 0 Å². The zero-order valence-corrected chi connectivity index (χ0v) is 27.8. The standard InChI is InChI=1S/C35H47N7O4/c1-6-11-22(2)30(43)28-18-23-19-37-33(39-31(23)41(28)24-12-9-7-8-10-13-24)38-29-17-15-25(20-36-29)40-21-26-14-16-27(32(40)44)42(26)34(45)46-35(3,4)5/h15,17-20,22,24,26-27H,6-14,16,21H2,1-5H3,(H,36,37,38,39). The van der Waals surface area contributed by atoms with Crippen LogP contribution in [0.5, 0.6) is 0 Å². The highest BCUT2D eigenvalue weighted by Gasteiger charge is 2.49. The van der Waals surface area contributed by atoms with Crippen molar-refractivity contribution in [3.8, 4) is 0 Å². The summed E-state index contributed by atoms with van der Waals surface area (Å²) in [4.78, 5) is 57.4. The number of carbonyl (C=O) groups excluding carboxylic acids is 3. The first-order valence-electron chi connectivity index (χ1n) is 17.0. The lowest BCUT2D eigenvalue weighted by Crippen LogP contribution is -2.59. The molecule has 246 valence electrons. The molecule has 2 bridgehead atoms. The summed E-state index contributed by atoms with van der Waals surface area (Å²) in [6, 6.07) is 5.24. The summed E-state index contributed by atoms with van der Waals surface area (Å²) in [7, 11) is 0. The summed E-state index contributed by atoms with van der Waals surface area (Å²) in [6.07, 6.45) is 13.0. The number of rotatable bonds is 8. The van der Waals surface area contributed by atoms with E-state index in [0.717, 1.165) is 61.7 Å². The van der Waals surface area contributed by atoms with Gasteiger partial charge in [-0.3, -0.25) is 14.5 Å². The van der Waals surface area contributed by atoms with Gasteiger partial charge in [0.05, 0.1) is 23.6 Å². The molecule has 0 spiro atoms. The minimum Gasteiger partial charge on any atom is -0.444 e. The minimum absolute atomic E-state index is 0.0468. The van der Waals surface area contributed by atoms with E-state index < -0.39 is 17.7 Å². The van der Waals surface area contributed by atoms with Crippen molar-refractivity contribution in [3.63, 3.8) is 0 Å². The maximum Gasteiger partial charge on any atom is 0.411 e. The lowest BCUT2D eigenvalue weighted by molar-refractivity contribution is -0.125. The van der Waals surface area contributed by atoms with Crippen molar-refractivity contribution >= 4 is 46.3 Å². The van der Waals surface area contributed by atoms with E-state index in [1.165, 1.54) is 12.8 Å². The Balaban J connectivity index is 1.21. The molecular formula is C35H47N7O4. The van der Waals surface area contributed by atoms with E-state index in [-0.39, 0.29) is 29.7 Å². The molecule has 3 aromatic rings. The van der Waals surface area contributed by atoms with Crippen molar-refractivity contribution < 1.29 is 19.1 Å². The van der Waals surface area contributed by atoms with Gasteiger partial charge in [0.15, 0.2) is 5.78 Å². The zero-order chi connectivity index (χ0) is 32.6. The molecule has 46 heavy (non-hydrogen) atoms. The SMILES string of the molecule is CCCC(C)C(=O)c1cc2cnc(Nc3ccc(N4CC5CCC(C4=O)N5C(=O)OC(C)(C)C)cn3)nc2n1C1CCCCCC1. The van der Waals surface area contributed by atoms with Gasteiger partial charge in [0.25, 0.3) is 0 Å². The average molecular weight is 630 g/mol. The second-order valence-electron chi connectivity index (χ2n) is 14.2. The van der Waals surface area contributed by atoms with Crippen LogP contribution in [-0.2, 0) is 9.53 Å². The Morgan fingerprint density at radius 1 is 1.02 bits per heavy atom. The number of ether oxygens (including phenoxy) is 1. The number of amides is 2. The molecule has 3 unspecified atom stereocenters. The third-order valence-electron chi connectivity index (χ3n) is 9.54. The molecule has 3 fully saturated rings. The fraction of sp³-hybridized carbons (Fsp3) is 0.600. The first-order chi connectivity index (χ1) is 22.0. The summed E-state index contributed by atoms with van der Waals surface area (Å²) < 4.78 is 7.78. The summed E-state index contributed by atoms with van der Waals surface area (Å²) in [6.45, 7) is 10.0. The number of aromatic nitrogens is 4. The van der Waals surface area contributed by atoms with Crippen molar-refractivity contribution in [2.45, 2.75) is 123 Å². The van der Waals surface area contributed by atoms with Gasteiger partial charge in [-0.2, -0.15) is 4.98 Å². The molecule has 2 aliphatic heterocycles. The maximum absolute atomic E-state index is 13.6. The molecule has 6 rings (SSSR count). The van der Waals surface area contributed by atoms with Gasteiger partial charge in [-0.1, -0.05) is 46.0 Å². The van der Waals surface area contributed by atoms with Crippen LogP contribution in [0.1, 0.15) is 115 Å². The number of ketones is 1. The van der Waals surface area contributed by atoms with Crippen LogP contribution >= 0.6 is 0 Å². The van der Waals surface area contributed by atoms with Crippen molar-refractivity contribution in [1.82, 2.24) is 24.4 Å². The van der Waals surface area contributed by atoms with Gasteiger partial charge in [0.2, 0.25) is 11.9 Å². The van der Waals surface area contributed by atoms with Gasteiger partial charge in [-0.25, -0.2) is 14.8 Å². The zero-order valence-electron chi connectivity index (χ0n) is 27.8. The Labute approximate surface area is 271 Å². The molecule has 2 saturated heterocycles. The molecule has 2 amide bonds. The minimum atomic E-state index is -0.622. The number of fused-ring (bicyclic) bond motifs is 3. The van der Waals surface area contributed by atoms with Gasteiger partial charge in [0.1, 0.15) is 23.1 Å². The molecule has 0 aromatic carbocycles. The number of pyridine rings is 1. The largest absolute Gasteiger partial charge is 0.444 e. The number of Topliss-reactive ketones (excluding diaryl/α,β-unsaturated/α-hetero) is 1. The van der Waals surface area contributed by atoms with Crippen LogP contribution in [0.25, 0.3) is 11.0 Å². The van der Waals surface area contributed by atoms with Crippen LogP contribution < -0.4 is 10.2 Å². The van der Waals surface area contributed by atoms with Crippen molar-refractivity contribution in [3.05, 3.63) is 36.3 Å². The van der Waals surface area contributed by atoms with E-state index in [4.69, 9.17) is 9.72 Å². The van der Waals surface area contributed by atoms with E-state index in [9.17, 15) is 14.4 Å². The molecule has 11 heteroatoms. The predicted octanol–water partition coefficient (Wildman–Crippen LogP) is 7.20. The highest BCUT2D eigenvalue weighted by Crippen LogP contribution is 2.36. The fourth-order valence-electron chi connectivity index (χ4n) is 7.30. The molecule has 3 atom stereocenters. The number of carbonyl (C=O) groups is 3. The lowest BCUT2D eigenvalue weighted by atomic mass is 9.98. The number of piperazine rings is 1. The fourth-order valence-corrected chi connectivity index (χ4v) is 7.30. The van der Waals surface area contributed by atoms with Crippen LogP contribution in [0.2, 0.25) is 0 Å². The Morgan fingerprint density at radius 3 is 2.46 bits per heavy atom. The van der Waals surface area contributed by atoms with Gasteiger partial charge < -0.3 is 19.5 Å². The summed E-state index contributed by atoms with van der Waals surface area (Å²) in [5.41, 5.74) is 1.57. The van der Waals surface area contributed by atoms with Crippen LogP contribution in [0.4, 0.5) is 22.2 Å². The third kappa shape index (κ3) is 6.46. The molecule has 0 radical (unpaired) electrons. The predicted molar refractivity (Wildman–Crippen MR) is 177 cm³/mol. The van der Waals surface area contributed by atoms with E-state index in [1.807, 2.05) is 45.9 Å². The highest BCUT2D eigenvalue weighted by molar-refractivity contribution is 6.01. The number of nitrogens with one attached hydrogen (secondary N) is 1. The molecule has 1 saturated carbocycles. The Morgan fingerprint density at radius 2 is 1.78 bits per heavy atom. The van der Waals surface area contributed by atoms with E-state index in [2.05, 4.69) is 26.8 Å². The van der Waals surface area contributed by atoms with Gasteiger partial charge >= 0.3 is 6.09 Å². The monoisotopic (exact) mass is 629 g/mol. The quantitative estimate of drug-likeness (QED) is 0.205. The summed E-state index contributed by atoms with van der Waals surface area (Å²) >= 11 is 0. The lowest BCUT2D eigenvalue weighted by Gasteiger charge is -2.40. The maximum atomic E-state index is 13.6. The Hall–Kier alpha value is -4.02. The molecule has 5 heterocycles. The first kappa shape index (κ1) is 31.9. The van der Waals surface area contributed by atoms with Crippen LogP contribution in [-0.4, -0.2) is 66.4 Å². The molecule has 1 aliphatic carbocycles. The Bertz CT molecular complexity index is 1590. The summed E-state index contributed by atoms with van der Waals surface area (Å²) in [5, 5.41) is 4.10. The van der Waals surface area contributed by atoms with E-state index in [0.29, 0.717) is 30.4 Å². The number of anilines is 3. The average Bonchev–Trinajstić information content (AvgIpc) is 3.44. The number of hydrogen-bond donors (Lipinski definition) is 1. The van der Waals surface area contributed by atoms with Gasteiger partial charge in [0, 0.05) is 30.1 Å².